The Bertz CT molecular complexity index is 513. The lowest BCUT2D eigenvalue weighted by molar-refractivity contribution is 0.841. The number of hydrogen-bond donors (Lipinski definition) is 0. The van der Waals surface area contributed by atoms with Crippen LogP contribution in [-0.4, -0.2) is 44.6 Å². The summed E-state index contributed by atoms with van der Waals surface area (Å²) in [4.78, 5) is 17.0. The Hall–Kier alpha value is -2.24. The van der Waals surface area contributed by atoms with Gasteiger partial charge < -0.3 is 9.13 Å². The molecule has 0 bridgehead atoms. The van der Waals surface area contributed by atoms with Gasteiger partial charge in [0.2, 0.25) is 0 Å². The van der Waals surface area contributed by atoms with Crippen LogP contribution in [0.25, 0.3) is 0 Å². The molecular formula is C13H18N6. The highest BCUT2D eigenvalue weighted by atomic mass is 15.0. The molecule has 100 valence electrons. The summed E-state index contributed by atoms with van der Waals surface area (Å²) in [5.74, 6) is 1.74. The van der Waals surface area contributed by atoms with E-state index in [4.69, 9.17) is 0 Å². The molecule has 2 heterocycles. The minimum atomic E-state index is 0.755. The Balaban J connectivity index is 1.68. The molecule has 0 N–H and O–H groups in total. The SMILES string of the molecule is Cn1ccnc1C=NCCCN=Cc1nccn1C. The molecule has 6 nitrogen and oxygen atoms in total. The van der Waals surface area contributed by atoms with Gasteiger partial charge >= 0.3 is 0 Å². The molecule has 0 spiro atoms. The second kappa shape index (κ2) is 6.63. The third-order valence-electron chi connectivity index (χ3n) is 2.70. The highest BCUT2D eigenvalue weighted by Crippen LogP contribution is 1.92. The largest absolute Gasteiger partial charge is 0.333 e. The van der Waals surface area contributed by atoms with Crippen LogP contribution < -0.4 is 0 Å². The first kappa shape index (κ1) is 13.2. The molecule has 0 fully saturated rings. The Kier molecular flexibility index (Phi) is 4.60. The number of aryl methyl sites for hydroxylation is 2. The first-order valence-corrected chi connectivity index (χ1v) is 6.21. The Morgan fingerprint density at radius 3 is 1.79 bits per heavy atom. The highest BCUT2D eigenvalue weighted by Gasteiger charge is 1.93. The molecule has 0 aliphatic heterocycles. The van der Waals surface area contributed by atoms with Crippen LogP contribution in [0, 0.1) is 0 Å². The lowest BCUT2D eigenvalue weighted by Gasteiger charge is -1.95. The van der Waals surface area contributed by atoms with Gasteiger partial charge in [-0.25, -0.2) is 9.97 Å². The quantitative estimate of drug-likeness (QED) is 0.575. The highest BCUT2D eigenvalue weighted by molar-refractivity contribution is 5.75. The van der Waals surface area contributed by atoms with E-state index in [2.05, 4.69) is 20.0 Å². The van der Waals surface area contributed by atoms with Crippen molar-refractivity contribution in [3.63, 3.8) is 0 Å². The molecule has 0 atom stereocenters. The van der Waals surface area contributed by atoms with Crippen LogP contribution in [0.15, 0.2) is 34.8 Å². The van der Waals surface area contributed by atoms with Crippen LogP contribution in [-0.2, 0) is 14.1 Å². The van der Waals surface area contributed by atoms with Crippen LogP contribution in [0.5, 0.6) is 0 Å². The summed E-state index contributed by atoms with van der Waals surface area (Å²) in [5.41, 5.74) is 0. The van der Waals surface area contributed by atoms with Crippen LogP contribution >= 0.6 is 0 Å². The molecule has 0 aromatic carbocycles. The molecular weight excluding hydrogens is 240 g/mol. The zero-order valence-corrected chi connectivity index (χ0v) is 11.3. The zero-order chi connectivity index (χ0) is 13.5. The Labute approximate surface area is 112 Å². The van der Waals surface area contributed by atoms with E-state index in [1.54, 1.807) is 24.8 Å². The lowest BCUT2D eigenvalue weighted by atomic mass is 10.4. The Morgan fingerprint density at radius 1 is 0.947 bits per heavy atom. The van der Waals surface area contributed by atoms with E-state index < -0.39 is 0 Å². The molecule has 0 unspecified atom stereocenters. The number of rotatable bonds is 6. The molecule has 0 aliphatic rings. The molecule has 0 amide bonds. The van der Waals surface area contributed by atoms with Gasteiger partial charge in [-0.1, -0.05) is 0 Å². The number of nitrogens with zero attached hydrogens (tertiary/aromatic N) is 6. The van der Waals surface area contributed by atoms with Crippen molar-refractivity contribution >= 4 is 12.4 Å². The van der Waals surface area contributed by atoms with Crippen LogP contribution in [0.4, 0.5) is 0 Å². The third-order valence-corrected chi connectivity index (χ3v) is 2.70. The van der Waals surface area contributed by atoms with Crippen molar-refractivity contribution < 1.29 is 0 Å². The van der Waals surface area contributed by atoms with Gasteiger partial charge in [0, 0.05) is 52.0 Å². The van der Waals surface area contributed by atoms with E-state index in [0.29, 0.717) is 0 Å². The first-order valence-electron chi connectivity index (χ1n) is 6.21. The van der Waals surface area contributed by atoms with E-state index in [-0.39, 0.29) is 0 Å². The normalized spacial score (nSPS) is 11.9. The van der Waals surface area contributed by atoms with Gasteiger partial charge in [-0.3, -0.25) is 9.98 Å². The molecule has 0 radical (unpaired) electrons. The van der Waals surface area contributed by atoms with Gasteiger partial charge in [0.15, 0.2) is 0 Å². The van der Waals surface area contributed by atoms with E-state index in [9.17, 15) is 0 Å². The minimum absolute atomic E-state index is 0.755. The summed E-state index contributed by atoms with van der Waals surface area (Å²) in [5, 5.41) is 0. The second-order valence-electron chi connectivity index (χ2n) is 4.22. The molecule has 2 rings (SSSR count). The smallest absolute Gasteiger partial charge is 0.150 e. The maximum atomic E-state index is 4.32. The van der Waals surface area contributed by atoms with Crippen LogP contribution in [0.3, 0.4) is 0 Å². The van der Waals surface area contributed by atoms with Crippen molar-refractivity contribution in [3.05, 3.63) is 36.4 Å². The summed E-state index contributed by atoms with van der Waals surface area (Å²) in [6.45, 7) is 1.51. The number of hydrogen-bond acceptors (Lipinski definition) is 4. The summed E-state index contributed by atoms with van der Waals surface area (Å²) >= 11 is 0. The summed E-state index contributed by atoms with van der Waals surface area (Å²) < 4.78 is 3.87. The number of aliphatic imine (C=N–C) groups is 2. The van der Waals surface area contributed by atoms with Crippen molar-refractivity contribution in [1.82, 2.24) is 19.1 Å². The molecule has 6 heteroatoms. The molecule has 2 aromatic rings. The maximum Gasteiger partial charge on any atom is 0.150 e. The number of imidazole rings is 2. The first-order chi connectivity index (χ1) is 9.27. The van der Waals surface area contributed by atoms with Gasteiger partial charge in [-0.05, 0) is 6.42 Å². The minimum Gasteiger partial charge on any atom is -0.333 e. The van der Waals surface area contributed by atoms with E-state index in [1.807, 2.05) is 35.6 Å². The van der Waals surface area contributed by atoms with Gasteiger partial charge in [0.25, 0.3) is 0 Å². The fraction of sp³-hybridized carbons (Fsp3) is 0.385. The molecule has 0 aliphatic carbocycles. The van der Waals surface area contributed by atoms with Gasteiger partial charge in [-0.2, -0.15) is 0 Å². The lowest BCUT2D eigenvalue weighted by Crippen LogP contribution is -1.97. The van der Waals surface area contributed by atoms with E-state index in [0.717, 1.165) is 31.2 Å². The molecule has 19 heavy (non-hydrogen) atoms. The summed E-state index contributed by atoms with van der Waals surface area (Å²) in [6, 6.07) is 0. The maximum absolute atomic E-state index is 4.32. The standard InChI is InChI=1S/C13H18N6/c1-18-8-6-16-12(18)10-14-4-3-5-15-11-13-17-7-9-19(13)2/h6-11H,3-5H2,1-2H3. The van der Waals surface area contributed by atoms with Gasteiger partial charge in [0.1, 0.15) is 11.6 Å². The topological polar surface area (TPSA) is 60.4 Å². The summed E-state index contributed by atoms with van der Waals surface area (Å²) in [6.07, 6.45) is 11.8. The fourth-order valence-electron chi connectivity index (χ4n) is 1.55. The monoisotopic (exact) mass is 258 g/mol. The molecule has 0 saturated carbocycles. The van der Waals surface area contributed by atoms with Crippen molar-refractivity contribution in [3.8, 4) is 0 Å². The van der Waals surface area contributed by atoms with Crippen LogP contribution in [0.2, 0.25) is 0 Å². The predicted octanol–water partition coefficient (Wildman–Crippen LogP) is 1.08. The van der Waals surface area contributed by atoms with Crippen molar-refractivity contribution in [2.24, 2.45) is 24.1 Å². The average Bonchev–Trinajstić information content (AvgIpc) is 2.98. The van der Waals surface area contributed by atoms with Gasteiger partial charge in [-0.15, -0.1) is 0 Å². The predicted molar refractivity (Wildman–Crippen MR) is 76.0 cm³/mol. The fourth-order valence-corrected chi connectivity index (χ4v) is 1.55. The Morgan fingerprint density at radius 2 is 1.42 bits per heavy atom. The third kappa shape index (κ3) is 3.87. The van der Waals surface area contributed by atoms with Crippen molar-refractivity contribution in [1.29, 1.82) is 0 Å². The zero-order valence-electron chi connectivity index (χ0n) is 11.3. The van der Waals surface area contributed by atoms with Crippen molar-refractivity contribution in [2.45, 2.75) is 6.42 Å². The van der Waals surface area contributed by atoms with Crippen molar-refractivity contribution in [2.75, 3.05) is 13.1 Å². The molecule has 2 aromatic heterocycles. The second-order valence-corrected chi connectivity index (χ2v) is 4.22. The number of aromatic nitrogens is 4. The van der Waals surface area contributed by atoms with Gasteiger partial charge in [0.05, 0.1) is 12.4 Å². The molecule has 0 saturated heterocycles. The summed E-state index contributed by atoms with van der Waals surface area (Å²) in [7, 11) is 3.90. The average molecular weight is 258 g/mol. The van der Waals surface area contributed by atoms with Crippen LogP contribution in [0.1, 0.15) is 18.1 Å². The van der Waals surface area contributed by atoms with E-state index in [1.165, 1.54) is 0 Å². The van der Waals surface area contributed by atoms with E-state index >= 15 is 0 Å².